The zero-order chi connectivity index (χ0) is 25.0. The third-order valence-electron chi connectivity index (χ3n) is 5.86. The highest BCUT2D eigenvalue weighted by molar-refractivity contribution is 6.46. The van der Waals surface area contributed by atoms with Crippen molar-refractivity contribution in [3.05, 3.63) is 70.8 Å². The van der Waals surface area contributed by atoms with Gasteiger partial charge >= 0.3 is 0 Å². The normalized spacial score (nSPS) is 18.1. The van der Waals surface area contributed by atoms with Crippen LogP contribution in [-0.2, 0) is 19.7 Å². The number of ketones is 1. The first-order valence-electron chi connectivity index (χ1n) is 11.7. The molecule has 1 aliphatic rings. The quantitative estimate of drug-likeness (QED) is 0.250. The van der Waals surface area contributed by atoms with Gasteiger partial charge in [0.15, 0.2) is 0 Å². The number of hydrogen-bond acceptors (Lipinski definition) is 5. The Bertz CT molecular complexity index is 1060. The van der Waals surface area contributed by atoms with Crippen LogP contribution in [0, 0.1) is 0 Å². The molecule has 0 aliphatic carbocycles. The van der Waals surface area contributed by atoms with E-state index in [1.54, 1.807) is 31.4 Å². The Labute approximate surface area is 202 Å². The fourth-order valence-electron chi connectivity index (χ4n) is 4.15. The van der Waals surface area contributed by atoms with Gasteiger partial charge < -0.3 is 19.5 Å². The van der Waals surface area contributed by atoms with Gasteiger partial charge in [-0.3, -0.25) is 9.59 Å². The van der Waals surface area contributed by atoms with Gasteiger partial charge in [-0.2, -0.15) is 0 Å². The lowest BCUT2D eigenvalue weighted by molar-refractivity contribution is -0.140. The number of carbonyl (C=O) groups excluding carboxylic acids is 2. The van der Waals surface area contributed by atoms with Gasteiger partial charge in [-0.1, -0.05) is 57.2 Å². The van der Waals surface area contributed by atoms with Gasteiger partial charge in [0.05, 0.1) is 17.7 Å². The first-order valence-corrected chi connectivity index (χ1v) is 11.7. The number of Topliss-reactive ketones (excluding diaryl/α,β-unsaturated/α-hetero) is 1. The number of rotatable bonds is 8. The zero-order valence-electron chi connectivity index (χ0n) is 20.9. The monoisotopic (exact) mass is 465 g/mol. The maximum Gasteiger partial charge on any atom is 0.295 e. The van der Waals surface area contributed by atoms with Gasteiger partial charge in [0, 0.05) is 25.8 Å². The maximum atomic E-state index is 13.2. The van der Waals surface area contributed by atoms with E-state index < -0.39 is 17.7 Å². The number of benzene rings is 2. The highest BCUT2D eigenvalue weighted by Crippen LogP contribution is 2.40. The highest BCUT2D eigenvalue weighted by atomic mass is 16.5. The van der Waals surface area contributed by atoms with Crippen molar-refractivity contribution < 1.29 is 24.2 Å². The Morgan fingerprint density at radius 3 is 2.35 bits per heavy atom. The van der Waals surface area contributed by atoms with Crippen molar-refractivity contribution in [2.45, 2.75) is 58.6 Å². The van der Waals surface area contributed by atoms with Crippen LogP contribution in [0.15, 0.2) is 54.1 Å². The first-order chi connectivity index (χ1) is 16.0. The molecule has 1 unspecified atom stereocenters. The van der Waals surface area contributed by atoms with Gasteiger partial charge in [0.2, 0.25) is 0 Å². The lowest BCUT2D eigenvalue weighted by Crippen LogP contribution is -2.31. The van der Waals surface area contributed by atoms with E-state index in [4.69, 9.17) is 9.47 Å². The molecule has 182 valence electrons. The summed E-state index contributed by atoms with van der Waals surface area (Å²) in [5.41, 5.74) is 2.42. The first kappa shape index (κ1) is 25.5. The molecule has 1 saturated heterocycles. The summed E-state index contributed by atoms with van der Waals surface area (Å²) in [5, 5.41) is 11.3. The Hall–Kier alpha value is -3.12. The molecule has 6 heteroatoms. The smallest absolute Gasteiger partial charge is 0.295 e. The van der Waals surface area contributed by atoms with Crippen LogP contribution in [0.4, 0.5) is 0 Å². The predicted molar refractivity (Wildman–Crippen MR) is 133 cm³/mol. The summed E-state index contributed by atoms with van der Waals surface area (Å²) in [6.07, 6.45) is 0.544. The van der Waals surface area contributed by atoms with Crippen LogP contribution in [0.1, 0.15) is 63.8 Å². The molecular weight excluding hydrogens is 430 g/mol. The molecule has 2 aromatic rings. The molecule has 1 N–H and O–H groups in total. The van der Waals surface area contributed by atoms with Crippen molar-refractivity contribution >= 4 is 17.4 Å². The van der Waals surface area contributed by atoms with E-state index in [0.717, 1.165) is 11.1 Å². The van der Waals surface area contributed by atoms with E-state index >= 15 is 0 Å². The van der Waals surface area contributed by atoms with E-state index in [1.165, 1.54) is 4.90 Å². The van der Waals surface area contributed by atoms with Crippen LogP contribution in [0.25, 0.3) is 5.76 Å². The van der Waals surface area contributed by atoms with E-state index in [9.17, 15) is 14.7 Å². The van der Waals surface area contributed by atoms with Crippen molar-refractivity contribution in [1.82, 2.24) is 4.90 Å². The molecule has 6 nitrogen and oxygen atoms in total. The van der Waals surface area contributed by atoms with Crippen molar-refractivity contribution in [3.8, 4) is 5.75 Å². The number of methoxy groups -OCH3 is 1. The van der Waals surface area contributed by atoms with Gasteiger partial charge in [0.1, 0.15) is 11.5 Å². The molecule has 1 amide bonds. The second-order valence-corrected chi connectivity index (χ2v) is 9.91. The lowest BCUT2D eigenvalue weighted by Gasteiger charge is -2.26. The van der Waals surface area contributed by atoms with Crippen LogP contribution in [0.3, 0.4) is 0 Å². The molecule has 1 atom stereocenters. The van der Waals surface area contributed by atoms with Crippen LogP contribution in [-0.4, -0.2) is 48.1 Å². The summed E-state index contributed by atoms with van der Waals surface area (Å²) in [6.45, 7) is 11.0. The van der Waals surface area contributed by atoms with Crippen molar-refractivity contribution in [1.29, 1.82) is 0 Å². The van der Waals surface area contributed by atoms with Gasteiger partial charge in [-0.25, -0.2) is 0 Å². The minimum Gasteiger partial charge on any atom is -0.507 e. The van der Waals surface area contributed by atoms with Crippen molar-refractivity contribution in [2.24, 2.45) is 0 Å². The molecule has 3 rings (SSSR count). The number of aliphatic hydroxyl groups excluding tert-OH is 1. The molecule has 0 bridgehead atoms. The Kier molecular flexibility index (Phi) is 7.82. The summed E-state index contributed by atoms with van der Waals surface area (Å²) in [5.74, 6) is -0.918. The number of amides is 1. The van der Waals surface area contributed by atoms with Crippen molar-refractivity contribution in [2.75, 3.05) is 20.3 Å². The molecule has 2 aromatic carbocycles. The second-order valence-electron chi connectivity index (χ2n) is 9.91. The number of ether oxygens (including phenoxy) is 2. The zero-order valence-corrected chi connectivity index (χ0v) is 20.9. The van der Waals surface area contributed by atoms with E-state index in [1.807, 2.05) is 38.1 Å². The van der Waals surface area contributed by atoms with Gasteiger partial charge in [-0.05, 0) is 48.9 Å². The molecule has 0 radical (unpaired) electrons. The standard InChI is InChI=1S/C28H35NO5/c1-18(2)34-22-10-7-9-20(17-22)25(30)23-24(19-11-13-21(14-12-19)28(3,4)5)29(15-8-16-33-6)27(32)26(23)31/h7,9-14,17-18,24,30H,8,15-16H2,1-6H3/b25-23-. The minimum absolute atomic E-state index is 0.0321. The fraction of sp³-hybridized carbons (Fsp3) is 0.429. The minimum atomic E-state index is -0.685. The molecule has 0 aromatic heterocycles. The second kappa shape index (κ2) is 10.4. The number of aliphatic hydroxyl groups is 1. The largest absolute Gasteiger partial charge is 0.507 e. The number of nitrogens with zero attached hydrogens (tertiary/aromatic N) is 1. The third-order valence-corrected chi connectivity index (χ3v) is 5.86. The van der Waals surface area contributed by atoms with Gasteiger partial charge in [0.25, 0.3) is 11.7 Å². The molecule has 1 aliphatic heterocycles. The summed E-state index contributed by atoms with van der Waals surface area (Å²) < 4.78 is 10.9. The molecular formula is C28H35NO5. The Morgan fingerprint density at radius 2 is 1.76 bits per heavy atom. The summed E-state index contributed by atoms with van der Waals surface area (Å²) in [4.78, 5) is 27.7. The SMILES string of the molecule is COCCCN1C(=O)C(=O)/C(=C(\O)c2cccc(OC(C)C)c2)C1c1ccc(C(C)(C)C)cc1. The predicted octanol–water partition coefficient (Wildman–Crippen LogP) is 5.23. The van der Waals surface area contributed by atoms with Crippen molar-refractivity contribution in [3.63, 3.8) is 0 Å². The van der Waals surface area contributed by atoms with Gasteiger partial charge in [-0.15, -0.1) is 0 Å². The average Bonchev–Trinajstić information content (AvgIpc) is 3.03. The van der Waals surface area contributed by atoms with Crippen LogP contribution in [0.5, 0.6) is 5.75 Å². The number of hydrogen-bond donors (Lipinski definition) is 1. The summed E-state index contributed by atoms with van der Waals surface area (Å²) >= 11 is 0. The van der Waals surface area contributed by atoms with E-state index in [-0.39, 0.29) is 22.9 Å². The van der Waals surface area contributed by atoms with Crippen LogP contribution < -0.4 is 4.74 Å². The average molecular weight is 466 g/mol. The Balaban J connectivity index is 2.11. The topological polar surface area (TPSA) is 76.1 Å². The highest BCUT2D eigenvalue weighted by Gasteiger charge is 2.45. The molecule has 1 heterocycles. The summed E-state index contributed by atoms with van der Waals surface area (Å²) in [6, 6.07) is 14.2. The molecule has 0 spiro atoms. The molecule has 1 fully saturated rings. The maximum absolute atomic E-state index is 13.2. The van der Waals surface area contributed by atoms with E-state index in [2.05, 4.69) is 20.8 Å². The fourth-order valence-corrected chi connectivity index (χ4v) is 4.15. The lowest BCUT2D eigenvalue weighted by atomic mass is 9.85. The molecule has 0 saturated carbocycles. The number of carbonyl (C=O) groups is 2. The molecule has 34 heavy (non-hydrogen) atoms. The summed E-state index contributed by atoms with van der Waals surface area (Å²) in [7, 11) is 1.60. The van der Waals surface area contributed by atoms with Crippen LogP contribution >= 0.6 is 0 Å². The van der Waals surface area contributed by atoms with E-state index in [0.29, 0.717) is 30.9 Å². The number of likely N-dealkylation sites (tertiary alicyclic amines) is 1. The third kappa shape index (κ3) is 5.50. The van der Waals surface area contributed by atoms with Crippen LogP contribution in [0.2, 0.25) is 0 Å². The Morgan fingerprint density at radius 1 is 1.09 bits per heavy atom.